The molecule has 98 valence electrons. The number of hydrogen-bond donors (Lipinski definition) is 1. The highest BCUT2D eigenvalue weighted by Crippen LogP contribution is 2.30. The summed E-state index contributed by atoms with van der Waals surface area (Å²) in [5.41, 5.74) is 10.8. The fourth-order valence-corrected chi connectivity index (χ4v) is 2.32. The molecular weight excluding hydrogens is 226 g/mol. The highest BCUT2D eigenvalue weighted by Gasteiger charge is 2.18. The Morgan fingerprint density at radius 3 is 2.50 bits per heavy atom. The minimum atomic E-state index is 0.727. The second-order valence-corrected chi connectivity index (χ2v) is 4.56. The molecule has 2 heterocycles. The SMILES string of the molecule is CCCn1cc(N)c(-c2c(C)nn(CC)c2C)n1. The number of hydrogen-bond acceptors (Lipinski definition) is 3. The summed E-state index contributed by atoms with van der Waals surface area (Å²) in [4.78, 5) is 0. The van der Waals surface area contributed by atoms with Gasteiger partial charge >= 0.3 is 0 Å². The topological polar surface area (TPSA) is 61.7 Å². The van der Waals surface area contributed by atoms with E-state index in [2.05, 4.69) is 31.0 Å². The molecule has 2 aromatic rings. The number of aryl methyl sites for hydroxylation is 3. The molecular formula is C13H21N5. The Labute approximate surface area is 108 Å². The van der Waals surface area contributed by atoms with Crippen molar-refractivity contribution in [3.8, 4) is 11.3 Å². The van der Waals surface area contributed by atoms with Crippen LogP contribution in [-0.2, 0) is 13.1 Å². The molecule has 0 aliphatic heterocycles. The zero-order valence-corrected chi connectivity index (χ0v) is 11.6. The van der Waals surface area contributed by atoms with Crippen molar-refractivity contribution in [1.82, 2.24) is 19.6 Å². The van der Waals surface area contributed by atoms with E-state index < -0.39 is 0 Å². The van der Waals surface area contributed by atoms with Gasteiger partial charge in [0.25, 0.3) is 0 Å². The molecule has 0 aliphatic rings. The summed E-state index contributed by atoms with van der Waals surface area (Å²) in [6.07, 6.45) is 2.95. The van der Waals surface area contributed by atoms with E-state index >= 15 is 0 Å². The molecule has 0 saturated carbocycles. The normalized spacial score (nSPS) is 11.1. The van der Waals surface area contributed by atoms with E-state index in [1.807, 2.05) is 22.5 Å². The summed E-state index contributed by atoms with van der Waals surface area (Å²) in [5.74, 6) is 0. The van der Waals surface area contributed by atoms with Crippen LogP contribution in [0.2, 0.25) is 0 Å². The predicted octanol–water partition coefficient (Wildman–Crippen LogP) is 2.38. The molecule has 0 spiro atoms. The van der Waals surface area contributed by atoms with Gasteiger partial charge in [-0.15, -0.1) is 0 Å². The molecule has 2 N–H and O–H groups in total. The van der Waals surface area contributed by atoms with E-state index in [-0.39, 0.29) is 0 Å². The summed E-state index contributed by atoms with van der Waals surface area (Å²) in [6, 6.07) is 0. The molecule has 2 rings (SSSR count). The Morgan fingerprint density at radius 2 is 1.94 bits per heavy atom. The molecule has 5 nitrogen and oxygen atoms in total. The zero-order chi connectivity index (χ0) is 13.3. The summed E-state index contributed by atoms with van der Waals surface area (Å²) >= 11 is 0. The van der Waals surface area contributed by atoms with Crippen LogP contribution in [0.25, 0.3) is 11.3 Å². The summed E-state index contributed by atoms with van der Waals surface area (Å²) in [6.45, 7) is 10.0. The number of aromatic nitrogens is 4. The van der Waals surface area contributed by atoms with Gasteiger partial charge < -0.3 is 5.73 Å². The third-order valence-electron chi connectivity index (χ3n) is 3.16. The molecule has 0 unspecified atom stereocenters. The first-order valence-electron chi connectivity index (χ1n) is 6.45. The van der Waals surface area contributed by atoms with Crippen LogP contribution in [0.5, 0.6) is 0 Å². The van der Waals surface area contributed by atoms with Crippen LogP contribution in [0.4, 0.5) is 5.69 Å². The zero-order valence-electron chi connectivity index (χ0n) is 11.6. The van der Waals surface area contributed by atoms with Crippen molar-refractivity contribution < 1.29 is 0 Å². The minimum absolute atomic E-state index is 0.727. The van der Waals surface area contributed by atoms with Crippen LogP contribution in [0.15, 0.2) is 6.20 Å². The van der Waals surface area contributed by atoms with Crippen LogP contribution in [0, 0.1) is 13.8 Å². The number of nitrogens with two attached hydrogens (primary N) is 1. The molecule has 0 fully saturated rings. The van der Waals surface area contributed by atoms with Gasteiger partial charge in [0.15, 0.2) is 0 Å². The third-order valence-corrected chi connectivity index (χ3v) is 3.16. The van der Waals surface area contributed by atoms with Crippen molar-refractivity contribution in [3.63, 3.8) is 0 Å². The van der Waals surface area contributed by atoms with Gasteiger partial charge in [0.1, 0.15) is 5.69 Å². The van der Waals surface area contributed by atoms with Crippen LogP contribution in [-0.4, -0.2) is 19.6 Å². The van der Waals surface area contributed by atoms with Crippen LogP contribution >= 0.6 is 0 Å². The van der Waals surface area contributed by atoms with E-state index in [9.17, 15) is 0 Å². The van der Waals surface area contributed by atoms with Gasteiger partial charge in [-0.2, -0.15) is 10.2 Å². The molecule has 0 aliphatic carbocycles. The van der Waals surface area contributed by atoms with Gasteiger partial charge in [0, 0.05) is 30.5 Å². The van der Waals surface area contributed by atoms with Crippen molar-refractivity contribution in [2.45, 2.75) is 47.2 Å². The maximum absolute atomic E-state index is 6.07. The Hall–Kier alpha value is -1.78. The van der Waals surface area contributed by atoms with Crippen molar-refractivity contribution in [2.24, 2.45) is 0 Å². The Kier molecular flexibility index (Phi) is 3.41. The van der Waals surface area contributed by atoms with Crippen molar-refractivity contribution in [2.75, 3.05) is 5.73 Å². The highest BCUT2D eigenvalue weighted by atomic mass is 15.3. The van der Waals surface area contributed by atoms with E-state index in [4.69, 9.17) is 5.73 Å². The number of rotatable bonds is 4. The van der Waals surface area contributed by atoms with Gasteiger partial charge in [0.05, 0.1) is 11.4 Å². The van der Waals surface area contributed by atoms with Gasteiger partial charge in [-0.25, -0.2) is 0 Å². The fraction of sp³-hybridized carbons (Fsp3) is 0.538. The molecule has 0 aromatic carbocycles. The smallest absolute Gasteiger partial charge is 0.119 e. The quantitative estimate of drug-likeness (QED) is 0.902. The Bertz CT molecular complexity index is 550. The lowest BCUT2D eigenvalue weighted by Crippen LogP contribution is -1.99. The Morgan fingerprint density at radius 1 is 1.22 bits per heavy atom. The summed E-state index contributed by atoms with van der Waals surface area (Å²) < 4.78 is 3.90. The summed E-state index contributed by atoms with van der Waals surface area (Å²) in [5, 5.41) is 9.09. The lowest BCUT2D eigenvalue weighted by atomic mass is 10.1. The Balaban J connectivity index is 2.51. The standard InChI is InChI=1S/C13H21N5/c1-5-7-17-8-11(14)13(16-17)12-9(3)15-18(6-2)10(12)4/h8H,5-7,14H2,1-4H3. The molecule has 0 amide bonds. The average molecular weight is 247 g/mol. The number of anilines is 1. The van der Waals surface area contributed by atoms with E-state index in [0.717, 1.165) is 47.8 Å². The van der Waals surface area contributed by atoms with Crippen molar-refractivity contribution in [1.29, 1.82) is 0 Å². The van der Waals surface area contributed by atoms with E-state index in [1.54, 1.807) is 0 Å². The second kappa shape index (κ2) is 4.84. The second-order valence-electron chi connectivity index (χ2n) is 4.56. The monoisotopic (exact) mass is 247 g/mol. The predicted molar refractivity (Wildman–Crippen MR) is 73.3 cm³/mol. The third kappa shape index (κ3) is 2.00. The molecule has 18 heavy (non-hydrogen) atoms. The molecule has 0 radical (unpaired) electrons. The van der Waals surface area contributed by atoms with Crippen LogP contribution in [0.1, 0.15) is 31.7 Å². The largest absolute Gasteiger partial charge is 0.396 e. The molecule has 2 aromatic heterocycles. The average Bonchev–Trinajstić information content (AvgIpc) is 2.80. The fourth-order valence-electron chi connectivity index (χ4n) is 2.32. The first-order valence-corrected chi connectivity index (χ1v) is 6.45. The molecule has 0 atom stereocenters. The highest BCUT2D eigenvalue weighted by molar-refractivity contribution is 5.75. The molecule has 0 bridgehead atoms. The van der Waals surface area contributed by atoms with Gasteiger partial charge in [-0.05, 0) is 27.2 Å². The number of nitrogen functional groups attached to an aromatic ring is 1. The maximum Gasteiger partial charge on any atom is 0.119 e. The molecule has 5 heteroatoms. The van der Waals surface area contributed by atoms with E-state index in [1.165, 1.54) is 0 Å². The lowest BCUT2D eigenvalue weighted by Gasteiger charge is -2.01. The summed E-state index contributed by atoms with van der Waals surface area (Å²) in [7, 11) is 0. The van der Waals surface area contributed by atoms with Gasteiger partial charge in [0.2, 0.25) is 0 Å². The molecule has 0 saturated heterocycles. The van der Waals surface area contributed by atoms with Crippen LogP contribution in [0.3, 0.4) is 0 Å². The van der Waals surface area contributed by atoms with Crippen molar-refractivity contribution in [3.05, 3.63) is 17.6 Å². The number of nitrogens with zero attached hydrogens (tertiary/aromatic N) is 4. The van der Waals surface area contributed by atoms with E-state index in [0.29, 0.717) is 0 Å². The first kappa shape index (κ1) is 12.7. The van der Waals surface area contributed by atoms with Gasteiger partial charge in [-0.3, -0.25) is 9.36 Å². The van der Waals surface area contributed by atoms with Crippen molar-refractivity contribution >= 4 is 5.69 Å². The maximum atomic E-state index is 6.07. The van der Waals surface area contributed by atoms with Gasteiger partial charge in [-0.1, -0.05) is 6.92 Å². The lowest BCUT2D eigenvalue weighted by molar-refractivity contribution is 0.604. The first-order chi connectivity index (χ1) is 8.58. The van der Waals surface area contributed by atoms with Crippen LogP contribution < -0.4 is 5.73 Å². The minimum Gasteiger partial charge on any atom is -0.396 e.